The van der Waals surface area contributed by atoms with E-state index in [2.05, 4.69) is 9.97 Å². The zero-order chi connectivity index (χ0) is 10.1. The summed E-state index contributed by atoms with van der Waals surface area (Å²) in [4.78, 5) is 7.82. The van der Waals surface area contributed by atoms with Gasteiger partial charge in [0.2, 0.25) is 0 Å². The summed E-state index contributed by atoms with van der Waals surface area (Å²) in [5.41, 5.74) is 8.26. The second kappa shape index (κ2) is 3.71. The van der Waals surface area contributed by atoms with E-state index in [1.54, 1.807) is 7.11 Å². The molecule has 0 amide bonds. The molecule has 0 bridgehead atoms. The van der Waals surface area contributed by atoms with Gasteiger partial charge in [-0.2, -0.15) is 0 Å². The number of nitrogens with one attached hydrogen (secondary N) is 1. The SMILES string of the molecule is COC(C)c1nc2c([nH]1)CC(N)CC2. The van der Waals surface area contributed by atoms with Crippen molar-refractivity contribution in [2.24, 2.45) is 5.73 Å². The summed E-state index contributed by atoms with van der Waals surface area (Å²) in [6.45, 7) is 1.99. The second-order valence-electron chi connectivity index (χ2n) is 3.93. The van der Waals surface area contributed by atoms with Crippen LogP contribution < -0.4 is 5.73 Å². The van der Waals surface area contributed by atoms with Crippen molar-refractivity contribution < 1.29 is 4.74 Å². The smallest absolute Gasteiger partial charge is 0.135 e. The molecule has 2 atom stereocenters. The number of ether oxygens (including phenoxy) is 1. The van der Waals surface area contributed by atoms with E-state index in [1.165, 1.54) is 11.4 Å². The summed E-state index contributed by atoms with van der Waals surface area (Å²) in [5, 5.41) is 0. The van der Waals surface area contributed by atoms with Crippen LogP contribution in [-0.4, -0.2) is 23.1 Å². The number of aryl methyl sites for hydroxylation is 1. The van der Waals surface area contributed by atoms with Crippen LogP contribution in [0.5, 0.6) is 0 Å². The molecule has 4 heteroatoms. The van der Waals surface area contributed by atoms with Gasteiger partial charge in [-0.15, -0.1) is 0 Å². The minimum absolute atomic E-state index is 0.0387. The van der Waals surface area contributed by atoms with Crippen molar-refractivity contribution in [1.29, 1.82) is 0 Å². The van der Waals surface area contributed by atoms with Crippen LogP contribution in [0.1, 0.15) is 36.7 Å². The molecule has 2 unspecified atom stereocenters. The molecule has 1 aliphatic carbocycles. The first-order chi connectivity index (χ1) is 6.70. The molecule has 14 heavy (non-hydrogen) atoms. The molecule has 2 rings (SSSR count). The van der Waals surface area contributed by atoms with Crippen LogP contribution in [0.3, 0.4) is 0 Å². The van der Waals surface area contributed by atoms with Gasteiger partial charge in [-0.25, -0.2) is 4.98 Å². The molecular formula is C10H17N3O. The van der Waals surface area contributed by atoms with Gasteiger partial charge in [0.05, 0.1) is 5.69 Å². The number of hydrogen-bond acceptors (Lipinski definition) is 3. The molecule has 0 fully saturated rings. The number of H-pyrrole nitrogens is 1. The molecule has 3 N–H and O–H groups in total. The average molecular weight is 195 g/mol. The minimum Gasteiger partial charge on any atom is -0.374 e. The van der Waals surface area contributed by atoms with Crippen LogP contribution in [0.2, 0.25) is 0 Å². The Bertz CT molecular complexity index is 321. The average Bonchev–Trinajstić information content (AvgIpc) is 2.59. The Morgan fingerprint density at radius 2 is 2.43 bits per heavy atom. The topological polar surface area (TPSA) is 63.9 Å². The predicted molar refractivity (Wildman–Crippen MR) is 54.0 cm³/mol. The molecule has 0 saturated carbocycles. The molecule has 0 spiro atoms. The van der Waals surface area contributed by atoms with Crippen molar-refractivity contribution in [3.05, 3.63) is 17.2 Å². The fraction of sp³-hybridized carbons (Fsp3) is 0.700. The molecule has 0 aromatic carbocycles. The highest BCUT2D eigenvalue weighted by Gasteiger charge is 2.20. The summed E-state index contributed by atoms with van der Waals surface area (Å²) in [5.74, 6) is 0.923. The fourth-order valence-electron chi connectivity index (χ4n) is 1.83. The van der Waals surface area contributed by atoms with E-state index in [9.17, 15) is 0 Å². The van der Waals surface area contributed by atoms with E-state index in [0.29, 0.717) is 0 Å². The van der Waals surface area contributed by atoms with Crippen molar-refractivity contribution in [3.8, 4) is 0 Å². The van der Waals surface area contributed by atoms with E-state index in [0.717, 1.165) is 25.1 Å². The fourth-order valence-corrected chi connectivity index (χ4v) is 1.83. The van der Waals surface area contributed by atoms with E-state index in [4.69, 9.17) is 10.5 Å². The molecule has 1 heterocycles. The molecule has 78 valence electrons. The van der Waals surface area contributed by atoms with E-state index >= 15 is 0 Å². The molecule has 0 aliphatic heterocycles. The summed E-state index contributed by atoms with van der Waals surface area (Å²) in [6, 6.07) is 0.286. The largest absolute Gasteiger partial charge is 0.374 e. The summed E-state index contributed by atoms with van der Waals surface area (Å²) in [6.07, 6.45) is 2.98. The Balaban J connectivity index is 2.23. The van der Waals surface area contributed by atoms with Crippen molar-refractivity contribution in [2.75, 3.05) is 7.11 Å². The molecular weight excluding hydrogens is 178 g/mol. The second-order valence-corrected chi connectivity index (χ2v) is 3.93. The molecule has 1 aromatic rings. The maximum absolute atomic E-state index is 5.89. The summed E-state index contributed by atoms with van der Waals surface area (Å²) >= 11 is 0. The normalized spacial score (nSPS) is 23.2. The lowest BCUT2D eigenvalue weighted by Crippen LogP contribution is -2.27. The van der Waals surface area contributed by atoms with Crippen LogP contribution >= 0.6 is 0 Å². The summed E-state index contributed by atoms with van der Waals surface area (Å²) < 4.78 is 5.22. The van der Waals surface area contributed by atoms with Gasteiger partial charge in [-0.3, -0.25) is 0 Å². The van der Waals surface area contributed by atoms with Crippen LogP contribution in [0.15, 0.2) is 0 Å². The van der Waals surface area contributed by atoms with Gasteiger partial charge in [0, 0.05) is 25.3 Å². The maximum Gasteiger partial charge on any atom is 0.135 e. The first-order valence-electron chi connectivity index (χ1n) is 5.06. The number of nitrogens with zero attached hydrogens (tertiary/aromatic N) is 1. The Hall–Kier alpha value is -0.870. The molecule has 1 aromatic heterocycles. The third kappa shape index (κ3) is 1.67. The highest BCUT2D eigenvalue weighted by atomic mass is 16.5. The molecule has 0 radical (unpaired) electrons. The zero-order valence-electron chi connectivity index (χ0n) is 8.71. The van der Waals surface area contributed by atoms with E-state index < -0.39 is 0 Å². The number of nitrogens with two attached hydrogens (primary N) is 1. The maximum atomic E-state index is 5.89. The number of aromatic amines is 1. The van der Waals surface area contributed by atoms with Gasteiger partial charge < -0.3 is 15.5 Å². The number of aromatic nitrogens is 2. The Morgan fingerprint density at radius 3 is 3.14 bits per heavy atom. The monoisotopic (exact) mass is 195 g/mol. The highest BCUT2D eigenvalue weighted by Crippen LogP contribution is 2.21. The lowest BCUT2D eigenvalue weighted by Gasteiger charge is -2.16. The third-order valence-electron chi connectivity index (χ3n) is 2.84. The third-order valence-corrected chi connectivity index (χ3v) is 2.84. The molecule has 1 aliphatic rings. The Morgan fingerprint density at radius 1 is 1.64 bits per heavy atom. The van der Waals surface area contributed by atoms with Crippen LogP contribution in [0, 0.1) is 0 Å². The van der Waals surface area contributed by atoms with Gasteiger partial charge >= 0.3 is 0 Å². The highest BCUT2D eigenvalue weighted by molar-refractivity contribution is 5.20. The number of hydrogen-bond donors (Lipinski definition) is 2. The van der Waals surface area contributed by atoms with Crippen molar-refractivity contribution in [3.63, 3.8) is 0 Å². The van der Waals surface area contributed by atoms with Gasteiger partial charge in [-0.05, 0) is 19.8 Å². The summed E-state index contributed by atoms with van der Waals surface area (Å²) in [7, 11) is 1.69. The van der Waals surface area contributed by atoms with Gasteiger partial charge in [0.15, 0.2) is 0 Å². The molecule has 4 nitrogen and oxygen atoms in total. The first-order valence-corrected chi connectivity index (χ1v) is 5.06. The van der Waals surface area contributed by atoms with Gasteiger partial charge in [0.1, 0.15) is 11.9 Å². The van der Waals surface area contributed by atoms with Gasteiger partial charge in [0.25, 0.3) is 0 Å². The van der Waals surface area contributed by atoms with Crippen molar-refractivity contribution in [2.45, 2.75) is 38.3 Å². The lowest BCUT2D eigenvalue weighted by atomic mass is 9.97. The first kappa shape index (κ1) is 9.68. The quantitative estimate of drug-likeness (QED) is 0.738. The Kier molecular flexibility index (Phi) is 2.56. The van der Waals surface area contributed by atoms with Crippen LogP contribution in [0.25, 0.3) is 0 Å². The number of imidazole rings is 1. The van der Waals surface area contributed by atoms with E-state index in [-0.39, 0.29) is 12.1 Å². The number of fused-ring (bicyclic) bond motifs is 1. The number of rotatable bonds is 2. The molecule has 0 saturated heterocycles. The number of methoxy groups -OCH3 is 1. The van der Waals surface area contributed by atoms with Crippen molar-refractivity contribution >= 4 is 0 Å². The standard InChI is InChI=1S/C10H17N3O/c1-6(14-2)10-12-8-4-3-7(11)5-9(8)13-10/h6-7H,3-5,11H2,1-2H3,(H,12,13). The van der Waals surface area contributed by atoms with Gasteiger partial charge in [-0.1, -0.05) is 0 Å². The Labute approximate surface area is 83.9 Å². The van der Waals surface area contributed by atoms with Crippen LogP contribution in [-0.2, 0) is 17.6 Å². The predicted octanol–water partition coefficient (Wildman–Crippen LogP) is 0.933. The minimum atomic E-state index is 0.0387. The lowest BCUT2D eigenvalue weighted by molar-refractivity contribution is 0.112. The van der Waals surface area contributed by atoms with Crippen LogP contribution in [0.4, 0.5) is 0 Å². The van der Waals surface area contributed by atoms with Crippen molar-refractivity contribution in [1.82, 2.24) is 9.97 Å². The zero-order valence-corrected chi connectivity index (χ0v) is 8.71. The van der Waals surface area contributed by atoms with E-state index in [1.807, 2.05) is 6.92 Å².